The number of carbonyl (C=O) groups excluding carboxylic acids is 3. The van der Waals surface area contributed by atoms with E-state index in [-0.39, 0.29) is 24.1 Å². The summed E-state index contributed by atoms with van der Waals surface area (Å²) in [7, 11) is 0. The van der Waals surface area contributed by atoms with Gasteiger partial charge in [-0.15, -0.1) is 0 Å². The third-order valence-electron chi connectivity index (χ3n) is 3.95. The Morgan fingerprint density at radius 2 is 1.92 bits per heavy atom. The van der Waals surface area contributed by atoms with E-state index in [0.29, 0.717) is 19.4 Å². The van der Waals surface area contributed by atoms with Gasteiger partial charge in [-0.1, -0.05) is 19.1 Å². The minimum Gasteiger partial charge on any atom is -0.354 e. The largest absolute Gasteiger partial charge is 0.354 e. The molecule has 1 aromatic carbocycles. The Balaban J connectivity index is 1.85. The molecule has 6 nitrogen and oxygen atoms in total. The van der Waals surface area contributed by atoms with Gasteiger partial charge < -0.3 is 16.0 Å². The van der Waals surface area contributed by atoms with Crippen molar-refractivity contribution in [1.29, 1.82) is 0 Å². The Morgan fingerprint density at radius 3 is 2.62 bits per heavy atom. The van der Waals surface area contributed by atoms with E-state index in [1.54, 1.807) is 12.1 Å². The maximum atomic E-state index is 12.1. The molecule has 0 unspecified atom stereocenters. The van der Waals surface area contributed by atoms with Gasteiger partial charge in [0.1, 0.15) is 6.04 Å². The highest BCUT2D eigenvalue weighted by atomic mass is 16.2. The van der Waals surface area contributed by atoms with Crippen molar-refractivity contribution in [3.8, 4) is 0 Å². The third-order valence-corrected chi connectivity index (χ3v) is 3.95. The second-order valence-electron chi connectivity index (χ2n) is 6.08. The first-order valence-corrected chi connectivity index (χ1v) is 8.54. The summed E-state index contributed by atoms with van der Waals surface area (Å²) in [6.45, 7) is 2.63. The number of benzene rings is 1. The first-order valence-electron chi connectivity index (χ1n) is 8.54. The fraction of sp³-hybridized carbons (Fsp3) is 0.500. The highest BCUT2D eigenvalue weighted by molar-refractivity contribution is 5.91. The topological polar surface area (TPSA) is 87.3 Å². The van der Waals surface area contributed by atoms with Crippen LogP contribution in [0.2, 0.25) is 0 Å². The van der Waals surface area contributed by atoms with Crippen LogP contribution in [-0.4, -0.2) is 30.3 Å². The lowest BCUT2D eigenvalue weighted by Crippen LogP contribution is -2.45. The van der Waals surface area contributed by atoms with Gasteiger partial charge in [0, 0.05) is 18.7 Å². The number of hydrogen-bond acceptors (Lipinski definition) is 3. The molecule has 1 aliphatic rings. The molecular formula is C18H25N3O3. The molecule has 24 heavy (non-hydrogen) atoms. The number of anilines is 1. The van der Waals surface area contributed by atoms with Crippen molar-refractivity contribution in [3.63, 3.8) is 0 Å². The predicted octanol–water partition coefficient (Wildman–Crippen LogP) is 1.75. The van der Waals surface area contributed by atoms with E-state index in [1.807, 2.05) is 19.1 Å². The zero-order valence-corrected chi connectivity index (χ0v) is 14.1. The van der Waals surface area contributed by atoms with Gasteiger partial charge in [-0.2, -0.15) is 0 Å². The van der Waals surface area contributed by atoms with E-state index >= 15 is 0 Å². The van der Waals surface area contributed by atoms with Crippen LogP contribution in [-0.2, 0) is 20.8 Å². The maximum Gasteiger partial charge on any atom is 0.242 e. The lowest BCUT2D eigenvalue weighted by molar-refractivity contribution is -0.128. The number of amides is 3. The van der Waals surface area contributed by atoms with Crippen molar-refractivity contribution in [2.24, 2.45) is 0 Å². The molecule has 0 bridgehead atoms. The van der Waals surface area contributed by atoms with E-state index in [9.17, 15) is 14.4 Å². The van der Waals surface area contributed by atoms with E-state index in [1.165, 1.54) is 0 Å². The molecule has 1 heterocycles. The molecule has 0 radical (unpaired) electrons. The zero-order chi connectivity index (χ0) is 17.4. The minimum absolute atomic E-state index is 0.0117. The van der Waals surface area contributed by atoms with E-state index in [4.69, 9.17) is 0 Å². The van der Waals surface area contributed by atoms with Crippen LogP contribution >= 0.6 is 0 Å². The Bertz CT molecular complexity index is 584. The van der Waals surface area contributed by atoms with Crippen LogP contribution in [0.1, 0.15) is 44.6 Å². The first kappa shape index (κ1) is 18.0. The Morgan fingerprint density at radius 1 is 1.17 bits per heavy atom. The standard InChI is InChI=1S/C18H25N3O3/c1-2-5-16(22)20-14-9-7-13(8-10-14)12-17(23)21-15-6-3-4-11-19-18(15)24/h7-10,15H,2-6,11-12H2,1H3,(H,19,24)(H,20,22)(H,21,23)/t15-/m0/s1. The Labute approximate surface area is 142 Å². The molecule has 0 spiro atoms. The fourth-order valence-electron chi connectivity index (χ4n) is 2.66. The van der Waals surface area contributed by atoms with Crippen LogP contribution in [0.25, 0.3) is 0 Å². The lowest BCUT2D eigenvalue weighted by Gasteiger charge is -2.15. The number of rotatable bonds is 6. The number of nitrogens with one attached hydrogen (secondary N) is 3. The Hall–Kier alpha value is -2.37. The van der Waals surface area contributed by atoms with Gasteiger partial charge in [0.05, 0.1) is 6.42 Å². The highest BCUT2D eigenvalue weighted by Crippen LogP contribution is 2.11. The molecule has 1 aromatic rings. The van der Waals surface area contributed by atoms with Crippen molar-refractivity contribution < 1.29 is 14.4 Å². The number of carbonyl (C=O) groups is 3. The van der Waals surface area contributed by atoms with Gasteiger partial charge in [0.2, 0.25) is 17.7 Å². The van der Waals surface area contributed by atoms with Crippen molar-refractivity contribution in [1.82, 2.24) is 10.6 Å². The molecule has 6 heteroatoms. The van der Waals surface area contributed by atoms with Gasteiger partial charge >= 0.3 is 0 Å². The summed E-state index contributed by atoms with van der Waals surface area (Å²) in [4.78, 5) is 35.5. The fourth-order valence-corrected chi connectivity index (χ4v) is 2.66. The first-order chi connectivity index (χ1) is 11.6. The molecular weight excluding hydrogens is 306 g/mol. The summed E-state index contributed by atoms with van der Waals surface area (Å²) in [6.07, 6.45) is 4.07. The highest BCUT2D eigenvalue weighted by Gasteiger charge is 2.22. The van der Waals surface area contributed by atoms with Crippen molar-refractivity contribution >= 4 is 23.4 Å². The summed E-state index contributed by atoms with van der Waals surface area (Å²) in [5.74, 6) is -0.281. The van der Waals surface area contributed by atoms with E-state index in [2.05, 4.69) is 16.0 Å². The SMILES string of the molecule is CCCC(=O)Nc1ccc(CC(=O)N[C@H]2CCCCNC2=O)cc1. The summed E-state index contributed by atoms with van der Waals surface area (Å²) < 4.78 is 0. The maximum absolute atomic E-state index is 12.1. The van der Waals surface area contributed by atoms with Gasteiger partial charge in [-0.05, 0) is 43.4 Å². The van der Waals surface area contributed by atoms with Crippen LogP contribution in [0.3, 0.4) is 0 Å². The van der Waals surface area contributed by atoms with Crippen molar-refractivity contribution in [2.75, 3.05) is 11.9 Å². The van der Waals surface area contributed by atoms with Crippen molar-refractivity contribution in [2.45, 2.75) is 51.5 Å². The molecule has 3 amide bonds. The smallest absolute Gasteiger partial charge is 0.242 e. The van der Waals surface area contributed by atoms with Gasteiger partial charge in [-0.25, -0.2) is 0 Å². The van der Waals surface area contributed by atoms with E-state index in [0.717, 1.165) is 30.5 Å². The third kappa shape index (κ3) is 5.68. The molecule has 1 fully saturated rings. The van der Waals surface area contributed by atoms with Gasteiger partial charge in [-0.3, -0.25) is 14.4 Å². The summed E-state index contributed by atoms with van der Waals surface area (Å²) in [5.41, 5.74) is 1.57. The summed E-state index contributed by atoms with van der Waals surface area (Å²) in [6, 6.07) is 6.76. The van der Waals surface area contributed by atoms with Crippen LogP contribution < -0.4 is 16.0 Å². The van der Waals surface area contributed by atoms with Crippen LogP contribution in [0.4, 0.5) is 5.69 Å². The van der Waals surface area contributed by atoms with Gasteiger partial charge in [0.15, 0.2) is 0 Å². The zero-order valence-electron chi connectivity index (χ0n) is 14.1. The second-order valence-corrected chi connectivity index (χ2v) is 6.08. The lowest BCUT2D eigenvalue weighted by atomic mass is 10.1. The molecule has 0 aliphatic carbocycles. The predicted molar refractivity (Wildman–Crippen MR) is 92.5 cm³/mol. The van der Waals surface area contributed by atoms with Crippen LogP contribution in [0, 0.1) is 0 Å². The van der Waals surface area contributed by atoms with Crippen LogP contribution in [0.5, 0.6) is 0 Å². The quantitative estimate of drug-likeness (QED) is 0.742. The van der Waals surface area contributed by atoms with Crippen molar-refractivity contribution in [3.05, 3.63) is 29.8 Å². The molecule has 0 saturated carbocycles. The normalized spacial score (nSPS) is 17.5. The molecule has 1 atom stereocenters. The minimum atomic E-state index is -0.437. The van der Waals surface area contributed by atoms with Crippen LogP contribution in [0.15, 0.2) is 24.3 Å². The Kier molecular flexibility index (Phi) is 6.78. The molecule has 1 aliphatic heterocycles. The molecule has 1 saturated heterocycles. The molecule has 3 N–H and O–H groups in total. The monoisotopic (exact) mass is 331 g/mol. The average molecular weight is 331 g/mol. The van der Waals surface area contributed by atoms with Gasteiger partial charge in [0.25, 0.3) is 0 Å². The average Bonchev–Trinajstić information content (AvgIpc) is 2.74. The number of hydrogen-bond donors (Lipinski definition) is 3. The van der Waals surface area contributed by atoms with E-state index < -0.39 is 6.04 Å². The summed E-state index contributed by atoms with van der Waals surface area (Å²) >= 11 is 0. The second kappa shape index (κ2) is 9.05. The molecule has 2 rings (SSSR count). The molecule has 0 aromatic heterocycles. The molecule has 130 valence electrons. The summed E-state index contributed by atoms with van der Waals surface area (Å²) in [5, 5.41) is 8.42.